The lowest BCUT2D eigenvalue weighted by atomic mass is 10.3. The molecule has 0 atom stereocenters. The lowest BCUT2D eigenvalue weighted by molar-refractivity contribution is 0.343. The monoisotopic (exact) mass is 259 g/mol. The van der Waals surface area contributed by atoms with Crippen molar-refractivity contribution in [2.75, 3.05) is 0 Å². The SMILES string of the molecule is Oc1ccc(Oc2nc(F)c(F)c(F)c2F)cc1. The van der Waals surface area contributed by atoms with Gasteiger partial charge >= 0.3 is 0 Å². The Hall–Kier alpha value is -2.31. The zero-order chi connectivity index (χ0) is 13.3. The largest absolute Gasteiger partial charge is 0.508 e. The highest BCUT2D eigenvalue weighted by Gasteiger charge is 2.22. The number of benzene rings is 1. The third-order valence-electron chi connectivity index (χ3n) is 2.01. The van der Waals surface area contributed by atoms with Crippen LogP contribution >= 0.6 is 0 Å². The van der Waals surface area contributed by atoms with Crippen molar-refractivity contribution >= 4 is 0 Å². The molecule has 2 aromatic rings. The number of aromatic nitrogens is 1. The molecule has 3 nitrogen and oxygen atoms in total. The molecule has 0 radical (unpaired) electrons. The maximum Gasteiger partial charge on any atom is 0.261 e. The fourth-order valence-corrected chi connectivity index (χ4v) is 1.16. The van der Waals surface area contributed by atoms with Gasteiger partial charge in [-0.15, -0.1) is 0 Å². The molecule has 0 aliphatic carbocycles. The summed E-state index contributed by atoms with van der Waals surface area (Å²) in [6, 6.07) is 4.86. The lowest BCUT2D eigenvalue weighted by Crippen LogP contribution is -2.03. The number of phenols is 1. The fourth-order valence-electron chi connectivity index (χ4n) is 1.16. The van der Waals surface area contributed by atoms with Crippen LogP contribution in [0.15, 0.2) is 24.3 Å². The molecule has 0 aliphatic heterocycles. The normalized spacial score (nSPS) is 10.4. The molecule has 0 amide bonds. The number of hydrogen-bond acceptors (Lipinski definition) is 3. The summed E-state index contributed by atoms with van der Waals surface area (Å²) in [6.45, 7) is 0. The average Bonchev–Trinajstić information content (AvgIpc) is 2.36. The van der Waals surface area contributed by atoms with Crippen molar-refractivity contribution in [2.45, 2.75) is 0 Å². The van der Waals surface area contributed by atoms with Gasteiger partial charge in [0.1, 0.15) is 11.5 Å². The van der Waals surface area contributed by atoms with Gasteiger partial charge < -0.3 is 9.84 Å². The van der Waals surface area contributed by atoms with Gasteiger partial charge in [-0.1, -0.05) is 0 Å². The molecule has 1 N–H and O–H groups in total. The molecule has 0 saturated carbocycles. The summed E-state index contributed by atoms with van der Waals surface area (Å²) < 4.78 is 56.2. The first-order chi connectivity index (χ1) is 8.49. The van der Waals surface area contributed by atoms with Gasteiger partial charge in [0, 0.05) is 0 Å². The Morgan fingerprint density at radius 1 is 0.889 bits per heavy atom. The zero-order valence-electron chi connectivity index (χ0n) is 8.62. The molecule has 0 bridgehead atoms. The Balaban J connectivity index is 2.38. The van der Waals surface area contributed by atoms with Crippen LogP contribution in [0.2, 0.25) is 0 Å². The van der Waals surface area contributed by atoms with Crippen molar-refractivity contribution in [1.29, 1.82) is 0 Å². The van der Waals surface area contributed by atoms with Gasteiger partial charge in [-0.05, 0) is 24.3 Å². The second-order valence-corrected chi connectivity index (χ2v) is 3.25. The van der Waals surface area contributed by atoms with Crippen LogP contribution in [0, 0.1) is 23.4 Å². The summed E-state index contributed by atoms with van der Waals surface area (Å²) in [5.41, 5.74) is 0. The van der Waals surface area contributed by atoms with Crippen LogP contribution in [-0.2, 0) is 0 Å². The van der Waals surface area contributed by atoms with E-state index in [1.165, 1.54) is 24.3 Å². The summed E-state index contributed by atoms with van der Waals surface area (Å²) in [5.74, 6) is -8.68. The molecule has 1 aromatic heterocycles. The number of nitrogens with zero attached hydrogens (tertiary/aromatic N) is 1. The van der Waals surface area contributed by atoms with Crippen LogP contribution in [0.1, 0.15) is 0 Å². The minimum absolute atomic E-state index is 0.0235. The van der Waals surface area contributed by atoms with E-state index >= 15 is 0 Å². The van der Waals surface area contributed by atoms with Crippen LogP contribution in [0.4, 0.5) is 17.6 Å². The van der Waals surface area contributed by atoms with Crippen LogP contribution < -0.4 is 4.74 Å². The first-order valence-electron chi connectivity index (χ1n) is 4.66. The van der Waals surface area contributed by atoms with Crippen molar-refractivity contribution in [2.24, 2.45) is 0 Å². The van der Waals surface area contributed by atoms with Gasteiger partial charge in [-0.2, -0.15) is 18.2 Å². The van der Waals surface area contributed by atoms with E-state index in [0.29, 0.717) is 0 Å². The third-order valence-corrected chi connectivity index (χ3v) is 2.01. The van der Waals surface area contributed by atoms with Gasteiger partial charge in [0.15, 0.2) is 0 Å². The number of rotatable bonds is 2. The topological polar surface area (TPSA) is 42.4 Å². The van der Waals surface area contributed by atoms with Crippen LogP contribution in [-0.4, -0.2) is 10.1 Å². The minimum atomic E-state index is -2.01. The summed E-state index contributed by atoms with van der Waals surface area (Å²) in [5, 5.41) is 8.99. The van der Waals surface area contributed by atoms with Crippen LogP contribution in [0.25, 0.3) is 0 Å². The average molecular weight is 259 g/mol. The van der Waals surface area contributed by atoms with E-state index in [1.54, 1.807) is 0 Å². The maximum absolute atomic E-state index is 13.2. The Kier molecular flexibility index (Phi) is 3.05. The first-order valence-corrected chi connectivity index (χ1v) is 4.66. The molecule has 0 spiro atoms. The van der Waals surface area contributed by atoms with Crippen molar-refractivity contribution < 1.29 is 27.4 Å². The first kappa shape index (κ1) is 12.2. The van der Waals surface area contributed by atoms with Gasteiger partial charge in [0.2, 0.25) is 17.5 Å². The fraction of sp³-hybridized carbons (Fsp3) is 0. The van der Waals surface area contributed by atoms with Crippen LogP contribution in [0.5, 0.6) is 17.4 Å². The number of phenolic OH excluding ortho intramolecular Hbond substituents is 1. The Morgan fingerprint density at radius 3 is 2.11 bits per heavy atom. The Bertz CT molecular complexity index is 587. The van der Waals surface area contributed by atoms with E-state index in [1.807, 2.05) is 0 Å². The van der Waals surface area contributed by atoms with E-state index in [0.717, 1.165) is 0 Å². The predicted octanol–water partition coefficient (Wildman–Crippen LogP) is 3.14. The van der Waals surface area contributed by atoms with E-state index in [-0.39, 0.29) is 11.5 Å². The maximum atomic E-state index is 13.2. The number of pyridine rings is 1. The number of ether oxygens (including phenoxy) is 1. The summed E-state index contributed by atoms with van der Waals surface area (Å²) in [7, 11) is 0. The molecule has 1 aromatic carbocycles. The Labute approximate surface area is 98.3 Å². The smallest absolute Gasteiger partial charge is 0.261 e. The summed E-state index contributed by atoms with van der Waals surface area (Å²) >= 11 is 0. The van der Waals surface area contributed by atoms with Crippen molar-refractivity contribution in [1.82, 2.24) is 4.98 Å². The molecule has 1 heterocycles. The molecular weight excluding hydrogens is 254 g/mol. The van der Waals surface area contributed by atoms with Crippen LogP contribution in [0.3, 0.4) is 0 Å². The molecule has 2 rings (SSSR count). The summed E-state index contributed by atoms with van der Waals surface area (Å²) in [4.78, 5) is 2.81. The second kappa shape index (κ2) is 4.52. The third kappa shape index (κ3) is 2.20. The van der Waals surface area contributed by atoms with Gasteiger partial charge in [-0.25, -0.2) is 4.39 Å². The molecule has 0 fully saturated rings. The molecule has 94 valence electrons. The zero-order valence-corrected chi connectivity index (χ0v) is 8.62. The van der Waals surface area contributed by atoms with Gasteiger partial charge in [-0.3, -0.25) is 0 Å². The molecule has 0 aliphatic rings. The van der Waals surface area contributed by atoms with Crippen molar-refractivity contribution in [3.05, 3.63) is 47.7 Å². The van der Waals surface area contributed by atoms with E-state index in [2.05, 4.69) is 4.98 Å². The van der Waals surface area contributed by atoms with Gasteiger partial charge in [0.05, 0.1) is 0 Å². The van der Waals surface area contributed by atoms with Gasteiger partial charge in [0.25, 0.3) is 11.8 Å². The Morgan fingerprint density at radius 2 is 1.50 bits per heavy atom. The lowest BCUT2D eigenvalue weighted by Gasteiger charge is -2.06. The molecule has 0 unspecified atom stereocenters. The summed E-state index contributed by atoms with van der Waals surface area (Å²) in [6.07, 6.45) is 0. The van der Waals surface area contributed by atoms with Crippen molar-refractivity contribution in [3.63, 3.8) is 0 Å². The van der Waals surface area contributed by atoms with E-state index in [4.69, 9.17) is 9.84 Å². The standard InChI is InChI=1S/C11H5F4NO2/c12-7-8(13)10(15)16-11(9(7)14)18-6-3-1-5(17)2-4-6/h1-4,17H. The molecule has 18 heavy (non-hydrogen) atoms. The number of halogens is 4. The van der Waals surface area contributed by atoms with Crippen molar-refractivity contribution in [3.8, 4) is 17.4 Å². The molecular formula is C11H5F4NO2. The molecule has 7 heteroatoms. The van der Waals surface area contributed by atoms with E-state index in [9.17, 15) is 17.6 Å². The quantitative estimate of drug-likeness (QED) is 0.665. The van der Waals surface area contributed by atoms with E-state index < -0.39 is 29.3 Å². The highest BCUT2D eigenvalue weighted by Crippen LogP contribution is 2.27. The highest BCUT2D eigenvalue weighted by atomic mass is 19.2. The second-order valence-electron chi connectivity index (χ2n) is 3.25. The highest BCUT2D eigenvalue weighted by molar-refractivity contribution is 5.33. The minimum Gasteiger partial charge on any atom is -0.508 e. The molecule has 0 saturated heterocycles. The number of hydrogen-bond donors (Lipinski definition) is 1. The predicted molar refractivity (Wildman–Crippen MR) is 52.2 cm³/mol. The number of aromatic hydroxyl groups is 1.